The summed E-state index contributed by atoms with van der Waals surface area (Å²) in [7, 11) is 0. The average Bonchev–Trinajstić information content (AvgIpc) is 3.68. The molecule has 2 aromatic carbocycles. The minimum Gasteiger partial charge on any atom is -0.304 e. The van der Waals surface area contributed by atoms with Crippen molar-refractivity contribution in [2.45, 2.75) is 56.9 Å². The van der Waals surface area contributed by atoms with Crippen molar-refractivity contribution in [3.63, 3.8) is 0 Å². The number of hydrogen-bond acceptors (Lipinski definition) is 3. The fourth-order valence-corrected chi connectivity index (χ4v) is 6.24. The van der Waals surface area contributed by atoms with Gasteiger partial charge < -0.3 is 5.32 Å². The maximum absolute atomic E-state index is 15.1. The number of halogens is 1. The maximum Gasteiger partial charge on any atom is 0.150 e. The molecule has 1 N–H and O–H groups in total. The SMILES string of the molecule is O=C1CNC2(CCC(Cc3ccc(-c4ccc5cccnc5c4)c(F)c3)CC2)CC1C1CC1. The number of carbonyl (C=O) groups excluding carboxylic acids is 1. The third-order valence-corrected chi connectivity index (χ3v) is 8.39. The van der Waals surface area contributed by atoms with Crippen LogP contribution in [0.2, 0.25) is 0 Å². The van der Waals surface area contributed by atoms with Crippen molar-refractivity contribution < 1.29 is 9.18 Å². The topological polar surface area (TPSA) is 42.0 Å². The number of carbonyl (C=O) groups is 1. The van der Waals surface area contributed by atoms with E-state index in [0.717, 1.165) is 60.6 Å². The van der Waals surface area contributed by atoms with Gasteiger partial charge in [-0.1, -0.05) is 30.3 Å². The summed E-state index contributed by atoms with van der Waals surface area (Å²) < 4.78 is 15.1. The first-order chi connectivity index (χ1) is 16.1. The van der Waals surface area contributed by atoms with E-state index in [2.05, 4.69) is 16.4 Å². The molecule has 1 unspecified atom stereocenters. The molecule has 2 heterocycles. The number of nitrogens with one attached hydrogen (secondary N) is 1. The molecule has 4 heteroatoms. The quantitative estimate of drug-likeness (QED) is 0.531. The van der Waals surface area contributed by atoms with Crippen LogP contribution < -0.4 is 5.32 Å². The number of piperidine rings is 1. The minimum atomic E-state index is -0.158. The molecule has 170 valence electrons. The van der Waals surface area contributed by atoms with Crippen LogP contribution in [0.4, 0.5) is 4.39 Å². The first kappa shape index (κ1) is 21.0. The van der Waals surface area contributed by atoms with Gasteiger partial charge in [0.25, 0.3) is 0 Å². The van der Waals surface area contributed by atoms with Gasteiger partial charge in [0.1, 0.15) is 11.6 Å². The van der Waals surface area contributed by atoms with Gasteiger partial charge in [0.15, 0.2) is 0 Å². The maximum atomic E-state index is 15.1. The number of nitrogens with zero attached hydrogens (tertiary/aromatic N) is 1. The van der Waals surface area contributed by atoms with Gasteiger partial charge >= 0.3 is 0 Å². The third kappa shape index (κ3) is 4.21. The zero-order chi connectivity index (χ0) is 22.4. The molecule has 1 aromatic heterocycles. The zero-order valence-corrected chi connectivity index (χ0v) is 19.0. The summed E-state index contributed by atoms with van der Waals surface area (Å²) in [6.45, 7) is 0.558. The van der Waals surface area contributed by atoms with E-state index in [-0.39, 0.29) is 11.4 Å². The van der Waals surface area contributed by atoms with E-state index in [0.29, 0.717) is 35.6 Å². The van der Waals surface area contributed by atoms with Gasteiger partial charge in [-0.15, -0.1) is 0 Å². The van der Waals surface area contributed by atoms with Crippen LogP contribution in [0.25, 0.3) is 22.0 Å². The largest absolute Gasteiger partial charge is 0.304 e. The average molecular weight is 443 g/mol. The van der Waals surface area contributed by atoms with Crippen LogP contribution in [0.3, 0.4) is 0 Å². The Morgan fingerprint density at radius 1 is 1.03 bits per heavy atom. The Hall–Kier alpha value is -2.59. The number of hydrogen-bond donors (Lipinski definition) is 1. The minimum absolute atomic E-state index is 0.158. The lowest BCUT2D eigenvalue weighted by molar-refractivity contribution is -0.126. The second-order valence-electron chi connectivity index (χ2n) is 10.6. The van der Waals surface area contributed by atoms with Crippen molar-refractivity contribution in [1.29, 1.82) is 0 Å². The van der Waals surface area contributed by atoms with E-state index in [1.165, 1.54) is 12.8 Å². The van der Waals surface area contributed by atoms with E-state index in [1.54, 1.807) is 12.3 Å². The standard InChI is InChI=1S/C29H31FN2O/c30-26-15-20(3-8-24(26)23-7-6-22-2-1-13-31-27(22)16-23)14-19-9-11-29(12-10-19)17-25(21-4-5-21)28(33)18-32-29/h1-3,6-8,13,15-16,19,21,25,32H,4-5,9-12,14,17-18H2. The normalized spacial score (nSPS) is 27.8. The van der Waals surface area contributed by atoms with E-state index >= 15 is 4.39 Å². The third-order valence-electron chi connectivity index (χ3n) is 8.39. The first-order valence-electron chi connectivity index (χ1n) is 12.5. The highest BCUT2D eigenvalue weighted by Gasteiger charge is 2.46. The van der Waals surface area contributed by atoms with Crippen LogP contribution in [0.15, 0.2) is 54.7 Å². The van der Waals surface area contributed by atoms with Crippen molar-refractivity contribution >= 4 is 16.7 Å². The molecule has 1 atom stereocenters. The Bertz CT molecular complexity index is 1190. The second kappa shape index (κ2) is 8.32. The summed E-state index contributed by atoms with van der Waals surface area (Å²) in [4.78, 5) is 16.7. The predicted molar refractivity (Wildman–Crippen MR) is 129 cm³/mol. The smallest absolute Gasteiger partial charge is 0.150 e. The van der Waals surface area contributed by atoms with Crippen LogP contribution in [-0.4, -0.2) is 22.9 Å². The summed E-state index contributed by atoms with van der Waals surface area (Å²) in [5, 5.41) is 4.68. The molecule has 2 saturated carbocycles. The van der Waals surface area contributed by atoms with Crippen molar-refractivity contribution in [1.82, 2.24) is 10.3 Å². The van der Waals surface area contributed by atoms with Crippen LogP contribution >= 0.6 is 0 Å². The van der Waals surface area contributed by atoms with Gasteiger partial charge in [-0.3, -0.25) is 9.78 Å². The highest BCUT2D eigenvalue weighted by molar-refractivity contribution is 5.85. The Morgan fingerprint density at radius 2 is 1.88 bits per heavy atom. The lowest BCUT2D eigenvalue weighted by Crippen LogP contribution is -2.56. The lowest BCUT2D eigenvalue weighted by Gasteiger charge is -2.46. The van der Waals surface area contributed by atoms with Gasteiger partial charge in [0.2, 0.25) is 0 Å². The number of benzene rings is 2. The molecule has 3 nitrogen and oxygen atoms in total. The first-order valence-corrected chi connectivity index (χ1v) is 12.5. The predicted octanol–water partition coefficient (Wildman–Crippen LogP) is 6.10. The summed E-state index contributed by atoms with van der Waals surface area (Å²) in [5.41, 5.74) is 3.64. The molecule has 2 aliphatic carbocycles. The zero-order valence-electron chi connectivity index (χ0n) is 19.0. The summed E-state index contributed by atoms with van der Waals surface area (Å²) in [5.74, 6) is 1.83. The summed E-state index contributed by atoms with van der Waals surface area (Å²) >= 11 is 0. The van der Waals surface area contributed by atoms with Crippen LogP contribution in [0.5, 0.6) is 0 Å². The number of Topliss-reactive ketones (excluding diaryl/α,β-unsaturated/α-hetero) is 1. The van der Waals surface area contributed by atoms with Crippen molar-refractivity contribution in [2.75, 3.05) is 6.54 Å². The van der Waals surface area contributed by atoms with E-state index < -0.39 is 0 Å². The second-order valence-corrected chi connectivity index (χ2v) is 10.6. The molecule has 3 aliphatic rings. The fourth-order valence-electron chi connectivity index (χ4n) is 6.24. The van der Waals surface area contributed by atoms with Gasteiger partial charge in [0, 0.05) is 28.6 Å². The summed E-state index contributed by atoms with van der Waals surface area (Å²) in [6, 6.07) is 15.6. The van der Waals surface area contributed by atoms with Crippen molar-refractivity contribution in [3.05, 3.63) is 66.1 Å². The number of fused-ring (bicyclic) bond motifs is 1. The Kier molecular flexibility index (Phi) is 5.29. The van der Waals surface area contributed by atoms with Crippen LogP contribution in [0, 0.1) is 23.6 Å². The molecule has 0 radical (unpaired) electrons. The highest BCUT2D eigenvalue weighted by Crippen LogP contribution is 2.46. The molecule has 1 aliphatic heterocycles. The molecule has 0 amide bonds. The Balaban J connectivity index is 1.11. The molecule has 1 spiro atoms. The molecule has 3 fully saturated rings. The van der Waals surface area contributed by atoms with Gasteiger partial charge in [0.05, 0.1) is 12.1 Å². The van der Waals surface area contributed by atoms with Crippen molar-refractivity contribution in [3.8, 4) is 11.1 Å². The van der Waals surface area contributed by atoms with Crippen LogP contribution in [-0.2, 0) is 11.2 Å². The molecule has 6 rings (SSSR count). The van der Waals surface area contributed by atoms with E-state index in [4.69, 9.17) is 0 Å². The highest BCUT2D eigenvalue weighted by atomic mass is 19.1. The fraction of sp³-hybridized carbons (Fsp3) is 0.448. The van der Waals surface area contributed by atoms with E-state index in [1.807, 2.05) is 36.4 Å². The van der Waals surface area contributed by atoms with E-state index in [9.17, 15) is 4.79 Å². The number of rotatable bonds is 4. The summed E-state index contributed by atoms with van der Waals surface area (Å²) in [6.07, 6.45) is 10.8. The number of pyridine rings is 1. The number of aromatic nitrogens is 1. The molecule has 1 saturated heterocycles. The molecule has 3 aromatic rings. The lowest BCUT2D eigenvalue weighted by atomic mass is 9.68. The monoisotopic (exact) mass is 442 g/mol. The number of ketones is 1. The molecule has 0 bridgehead atoms. The molecule has 33 heavy (non-hydrogen) atoms. The Morgan fingerprint density at radius 3 is 2.67 bits per heavy atom. The molecular formula is C29H31FN2O. The van der Waals surface area contributed by atoms with Crippen molar-refractivity contribution in [2.24, 2.45) is 17.8 Å². The Labute approximate surface area is 194 Å². The van der Waals surface area contributed by atoms with Gasteiger partial charge in [-0.25, -0.2) is 4.39 Å². The van der Waals surface area contributed by atoms with Gasteiger partial charge in [-0.05, 0) is 92.5 Å². The van der Waals surface area contributed by atoms with Crippen LogP contribution in [0.1, 0.15) is 50.5 Å². The molecular weight excluding hydrogens is 411 g/mol. The van der Waals surface area contributed by atoms with Gasteiger partial charge in [-0.2, -0.15) is 0 Å².